The maximum Gasteiger partial charge on any atom is 0.138 e. The number of fused-ring (bicyclic) bond motifs is 2. The first-order valence-electron chi connectivity index (χ1n) is 12.6. The van der Waals surface area contributed by atoms with E-state index in [4.69, 9.17) is 0 Å². The highest BCUT2D eigenvalue weighted by Gasteiger charge is 2.54. The number of hydrogen-bond donors (Lipinski definition) is 1. The summed E-state index contributed by atoms with van der Waals surface area (Å²) in [6.45, 7) is 2.26. The number of aliphatic hydroxyl groups is 1. The van der Waals surface area contributed by atoms with E-state index in [9.17, 15) is 5.11 Å². The van der Waals surface area contributed by atoms with Gasteiger partial charge in [0.2, 0.25) is 0 Å². The number of anilines is 1. The zero-order chi connectivity index (χ0) is 23.3. The van der Waals surface area contributed by atoms with Gasteiger partial charge in [-0.2, -0.15) is 5.10 Å². The lowest BCUT2D eigenvalue weighted by Gasteiger charge is -2.35. The number of aryl methyl sites for hydroxylation is 1. The van der Waals surface area contributed by atoms with E-state index in [1.165, 1.54) is 37.7 Å². The first-order valence-corrected chi connectivity index (χ1v) is 12.6. The lowest BCUT2D eigenvalue weighted by atomic mass is 9.80. The molecule has 2 unspecified atom stereocenters. The largest absolute Gasteiger partial charge is 0.373 e. The van der Waals surface area contributed by atoms with Crippen molar-refractivity contribution in [2.75, 3.05) is 18.0 Å². The molecule has 1 aromatic heterocycles. The molecule has 2 fully saturated rings. The highest BCUT2D eigenvalue weighted by molar-refractivity contribution is 5.66. The van der Waals surface area contributed by atoms with Crippen LogP contribution in [0.5, 0.6) is 0 Å². The third-order valence-corrected chi connectivity index (χ3v) is 8.39. The summed E-state index contributed by atoms with van der Waals surface area (Å²) in [5.74, 6) is -0.248. The standard InChI is InChI=1S/C28H33FN4O/c1-31-17-22(16-30-31)20-11-12-21(25(29)15-20)18-33-26-10-6-5-9-24(26)28(27(33)34)13-14-32(19-28)23-7-3-2-4-8-23/h5-6,9-12,15-17,23,27,34H,2-4,7-8,13-14,18-19H2,1H3. The fourth-order valence-electron chi connectivity index (χ4n) is 6.55. The van der Waals surface area contributed by atoms with Crippen molar-refractivity contribution < 1.29 is 9.50 Å². The third-order valence-electron chi connectivity index (χ3n) is 8.39. The Hall–Kier alpha value is -2.70. The van der Waals surface area contributed by atoms with Crippen LogP contribution in [0.2, 0.25) is 0 Å². The van der Waals surface area contributed by atoms with Gasteiger partial charge in [0.15, 0.2) is 0 Å². The van der Waals surface area contributed by atoms with Crippen LogP contribution in [0.15, 0.2) is 54.9 Å². The molecule has 3 heterocycles. The molecule has 2 aromatic carbocycles. The molecule has 178 valence electrons. The van der Waals surface area contributed by atoms with Crippen LogP contribution in [0, 0.1) is 5.82 Å². The molecule has 1 spiro atoms. The average molecular weight is 461 g/mol. The number of rotatable bonds is 4. The van der Waals surface area contributed by atoms with Crippen molar-refractivity contribution in [1.29, 1.82) is 0 Å². The molecule has 6 rings (SSSR count). The minimum absolute atomic E-state index is 0.248. The molecule has 3 aliphatic rings. The Morgan fingerprint density at radius 1 is 1.09 bits per heavy atom. The SMILES string of the molecule is Cn1cc(-c2ccc(CN3c4ccccc4C4(CCN(C5CCCCC5)C4)C3O)c(F)c2)cn1. The highest BCUT2D eigenvalue weighted by atomic mass is 19.1. The van der Waals surface area contributed by atoms with Crippen LogP contribution in [-0.2, 0) is 19.0 Å². The van der Waals surface area contributed by atoms with Crippen LogP contribution in [0.4, 0.5) is 10.1 Å². The summed E-state index contributed by atoms with van der Waals surface area (Å²) in [5.41, 5.74) is 4.25. The van der Waals surface area contributed by atoms with Gasteiger partial charge in [-0.3, -0.25) is 9.58 Å². The first-order chi connectivity index (χ1) is 16.5. The van der Waals surface area contributed by atoms with Crippen LogP contribution < -0.4 is 4.90 Å². The number of benzene rings is 2. The summed E-state index contributed by atoms with van der Waals surface area (Å²) in [6, 6.07) is 14.4. The van der Waals surface area contributed by atoms with E-state index in [-0.39, 0.29) is 11.2 Å². The molecule has 3 aromatic rings. The number of nitrogens with zero attached hydrogens (tertiary/aromatic N) is 4. The molecule has 2 atom stereocenters. The van der Waals surface area contributed by atoms with Gasteiger partial charge < -0.3 is 10.0 Å². The van der Waals surface area contributed by atoms with Gasteiger partial charge in [-0.15, -0.1) is 0 Å². The number of aromatic nitrogens is 2. The zero-order valence-corrected chi connectivity index (χ0v) is 19.8. The molecule has 0 amide bonds. The second-order valence-corrected chi connectivity index (χ2v) is 10.4. The lowest BCUT2D eigenvalue weighted by molar-refractivity contribution is 0.0831. The summed E-state index contributed by atoms with van der Waals surface area (Å²) < 4.78 is 16.9. The van der Waals surface area contributed by atoms with E-state index in [2.05, 4.69) is 28.2 Å². The molecule has 2 aliphatic heterocycles. The molecule has 1 aliphatic carbocycles. The quantitative estimate of drug-likeness (QED) is 0.605. The van der Waals surface area contributed by atoms with Gasteiger partial charge in [-0.25, -0.2) is 4.39 Å². The lowest BCUT2D eigenvalue weighted by Crippen LogP contribution is -2.47. The van der Waals surface area contributed by atoms with Gasteiger partial charge in [-0.1, -0.05) is 49.6 Å². The second-order valence-electron chi connectivity index (χ2n) is 10.4. The van der Waals surface area contributed by atoms with Gasteiger partial charge in [-0.05, 0) is 49.1 Å². The predicted octanol–water partition coefficient (Wildman–Crippen LogP) is 4.84. The summed E-state index contributed by atoms with van der Waals surface area (Å²) in [6.07, 6.45) is 10.4. The van der Waals surface area contributed by atoms with Crippen molar-refractivity contribution in [2.24, 2.45) is 7.05 Å². The van der Waals surface area contributed by atoms with E-state index >= 15 is 4.39 Å². The summed E-state index contributed by atoms with van der Waals surface area (Å²) in [7, 11) is 1.86. The minimum Gasteiger partial charge on any atom is -0.373 e. The van der Waals surface area contributed by atoms with Crippen molar-refractivity contribution in [1.82, 2.24) is 14.7 Å². The maximum absolute atomic E-state index is 15.2. The van der Waals surface area contributed by atoms with Crippen LogP contribution in [-0.4, -0.2) is 45.1 Å². The van der Waals surface area contributed by atoms with Crippen molar-refractivity contribution >= 4 is 5.69 Å². The maximum atomic E-state index is 15.2. The van der Waals surface area contributed by atoms with Crippen LogP contribution in [0.1, 0.15) is 49.7 Å². The molecule has 34 heavy (non-hydrogen) atoms. The predicted molar refractivity (Wildman–Crippen MR) is 132 cm³/mol. The van der Waals surface area contributed by atoms with E-state index in [0.717, 1.165) is 36.3 Å². The molecule has 5 nitrogen and oxygen atoms in total. The smallest absolute Gasteiger partial charge is 0.138 e. The Morgan fingerprint density at radius 2 is 1.91 bits per heavy atom. The Labute approximate surface area is 200 Å². The van der Waals surface area contributed by atoms with Gasteiger partial charge in [0.05, 0.1) is 11.6 Å². The summed E-state index contributed by atoms with van der Waals surface area (Å²) in [4.78, 5) is 4.63. The van der Waals surface area contributed by atoms with Crippen LogP contribution in [0.25, 0.3) is 11.1 Å². The van der Waals surface area contributed by atoms with Gasteiger partial charge in [0.1, 0.15) is 12.0 Å². The average Bonchev–Trinajstić information content (AvgIpc) is 3.56. The molecule has 0 bridgehead atoms. The zero-order valence-electron chi connectivity index (χ0n) is 19.8. The van der Waals surface area contributed by atoms with E-state index in [1.807, 2.05) is 36.3 Å². The van der Waals surface area contributed by atoms with Gasteiger partial charge >= 0.3 is 0 Å². The molecule has 6 heteroatoms. The first kappa shape index (κ1) is 21.8. The fraction of sp³-hybridized carbons (Fsp3) is 0.464. The van der Waals surface area contributed by atoms with Gasteiger partial charge in [0.25, 0.3) is 0 Å². The highest BCUT2D eigenvalue weighted by Crippen LogP contribution is 2.51. The monoisotopic (exact) mass is 460 g/mol. The normalized spacial score (nSPS) is 25.4. The number of hydrogen-bond acceptors (Lipinski definition) is 4. The van der Waals surface area contributed by atoms with Crippen molar-refractivity contribution in [3.05, 3.63) is 71.8 Å². The summed E-state index contributed by atoms with van der Waals surface area (Å²) >= 11 is 0. The molecule has 1 saturated carbocycles. The Morgan fingerprint density at radius 3 is 2.68 bits per heavy atom. The Bertz CT molecular complexity index is 1190. The number of likely N-dealkylation sites (tertiary alicyclic amines) is 1. The van der Waals surface area contributed by atoms with Crippen LogP contribution >= 0.6 is 0 Å². The number of aliphatic hydroxyl groups excluding tert-OH is 1. The minimum atomic E-state index is -0.657. The van der Waals surface area contributed by atoms with E-state index < -0.39 is 6.23 Å². The third kappa shape index (κ3) is 3.55. The molecule has 1 N–H and O–H groups in total. The topological polar surface area (TPSA) is 44.5 Å². The molecular formula is C28H33FN4O. The van der Waals surface area contributed by atoms with Crippen molar-refractivity contribution in [3.63, 3.8) is 0 Å². The van der Waals surface area contributed by atoms with E-state index in [0.29, 0.717) is 18.2 Å². The molecule has 1 saturated heterocycles. The number of para-hydroxylation sites is 1. The Kier molecular flexibility index (Phi) is 5.46. The Balaban J connectivity index is 1.28. The fourth-order valence-corrected chi connectivity index (χ4v) is 6.55. The van der Waals surface area contributed by atoms with E-state index in [1.54, 1.807) is 16.9 Å². The second kappa shape index (κ2) is 8.51. The van der Waals surface area contributed by atoms with Crippen molar-refractivity contribution in [2.45, 2.75) is 62.8 Å². The van der Waals surface area contributed by atoms with Crippen molar-refractivity contribution in [3.8, 4) is 11.1 Å². The van der Waals surface area contributed by atoms with Gasteiger partial charge in [0, 0.05) is 49.2 Å². The summed E-state index contributed by atoms with van der Waals surface area (Å²) in [5, 5.41) is 15.9. The molecular weight excluding hydrogens is 427 g/mol. The van der Waals surface area contributed by atoms with Crippen LogP contribution in [0.3, 0.4) is 0 Å². The number of halogens is 1. The molecule has 0 radical (unpaired) electrons.